The summed E-state index contributed by atoms with van der Waals surface area (Å²) in [6.07, 6.45) is 5.86. The third-order valence-electron chi connectivity index (χ3n) is 4.53. The van der Waals surface area contributed by atoms with Crippen LogP contribution in [-0.2, 0) is 22.6 Å². The van der Waals surface area contributed by atoms with Gasteiger partial charge in [0.15, 0.2) is 16.1 Å². The average Bonchev–Trinajstić information content (AvgIpc) is 3.49. The van der Waals surface area contributed by atoms with Gasteiger partial charge in [-0.05, 0) is 36.2 Å². The van der Waals surface area contributed by atoms with Crippen molar-refractivity contribution in [1.82, 2.24) is 24.7 Å². The molecule has 0 radical (unpaired) electrons. The summed E-state index contributed by atoms with van der Waals surface area (Å²) in [6, 6.07) is 11.3. The zero-order valence-electron chi connectivity index (χ0n) is 17.8. The molecular formula is C22H21N7O2S2. The lowest BCUT2D eigenvalue weighted by Gasteiger charge is -2.08. The highest BCUT2D eigenvalue weighted by Gasteiger charge is 2.17. The lowest BCUT2D eigenvalue weighted by molar-refractivity contribution is -0.117. The number of rotatable bonds is 9. The Hall–Kier alpha value is -3.57. The number of nitrogens with zero attached hydrogens (tertiary/aromatic N) is 5. The number of thiazole rings is 1. The van der Waals surface area contributed by atoms with Gasteiger partial charge in [0.05, 0.1) is 5.75 Å². The Morgan fingerprint density at radius 1 is 1.03 bits per heavy atom. The van der Waals surface area contributed by atoms with E-state index in [0.717, 1.165) is 12.0 Å². The molecule has 0 spiro atoms. The number of benzene rings is 1. The smallest absolute Gasteiger partial charge is 0.246 e. The second-order valence-electron chi connectivity index (χ2n) is 6.88. The van der Waals surface area contributed by atoms with Crippen molar-refractivity contribution in [3.05, 3.63) is 65.9 Å². The van der Waals surface area contributed by atoms with Gasteiger partial charge in [-0.3, -0.25) is 14.6 Å². The standard InChI is InChI=1S/C22H21N7O2S2/c1-2-15-3-5-17(6-4-15)25-18(30)13-29-22(27-20(28-29)16-7-9-23-10-8-16)33-14-19(31)26-21-24-11-12-32-21/h3-12H,2,13-14H2,1H3,(H,25,30)(H,24,26,31). The fraction of sp³-hybridized carbons (Fsp3) is 0.182. The summed E-state index contributed by atoms with van der Waals surface area (Å²) in [6.45, 7) is 2.04. The summed E-state index contributed by atoms with van der Waals surface area (Å²) < 4.78 is 1.51. The van der Waals surface area contributed by atoms with Crippen LogP contribution in [0, 0.1) is 0 Å². The number of aryl methyl sites for hydroxylation is 1. The summed E-state index contributed by atoms with van der Waals surface area (Å²) in [4.78, 5) is 37.6. The minimum atomic E-state index is -0.237. The monoisotopic (exact) mass is 479 g/mol. The highest BCUT2D eigenvalue weighted by atomic mass is 32.2. The normalized spacial score (nSPS) is 10.7. The van der Waals surface area contributed by atoms with Gasteiger partial charge in [-0.2, -0.15) is 0 Å². The molecule has 0 bridgehead atoms. The molecule has 0 aliphatic heterocycles. The minimum Gasteiger partial charge on any atom is -0.324 e. The van der Waals surface area contributed by atoms with Crippen molar-refractivity contribution >= 4 is 45.7 Å². The van der Waals surface area contributed by atoms with Crippen LogP contribution in [0.4, 0.5) is 10.8 Å². The Kier molecular flexibility index (Phi) is 7.43. The molecule has 0 aliphatic carbocycles. The van der Waals surface area contributed by atoms with E-state index in [1.54, 1.807) is 36.1 Å². The van der Waals surface area contributed by atoms with E-state index >= 15 is 0 Å². The van der Waals surface area contributed by atoms with Gasteiger partial charge < -0.3 is 10.6 Å². The minimum absolute atomic E-state index is 0.0377. The number of nitrogens with one attached hydrogen (secondary N) is 2. The number of carbonyl (C=O) groups excluding carboxylic acids is 2. The van der Waals surface area contributed by atoms with E-state index in [-0.39, 0.29) is 24.1 Å². The Morgan fingerprint density at radius 3 is 2.52 bits per heavy atom. The van der Waals surface area contributed by atoms with Crippen molar-refractivity contribution in [3.63, 3.8) is 0 Å². The number of anilines is 2. The van der Waals surface area contributed by atoms with E-state index in [9.17, 15) is 9.59 Å². The van der Waals surface area contributed by atoms with Crippen molar-refractivity contribution in [2.75, 3.05) is 16.4 Å². The van der Waals surface area contributed by atoms with Crippen LogP contribution in [0.5, 0.6) is 0 Å². The Bertz CT molecular complexity index is 1210. The highest BCUT2D eigenvalue weighted by Crippen LogP contribution is 2.22. The van der Waals surface area contributed by atoms with Gasteiger partial charge in [0, 0.05) is 35.2 Å². The van der Waals surface area contributed by atoms with Crippen molar-refractivity contribution in [3.8, 4) is 11.4 Å². The van der Waals surface area contributed by atoms with Gasteiger partial charge in [0.25, 0.3) is 0 Å². The second-order valence-corrected chi connectivity index (χ2v) is 8.72. The SMILES string of the molecule is CCc1ccc(NC(=O)Cn2nc(-c3ccncc3)nc2SCC(=O)Nc2nccs2)cc1. The largest absolute Gasteiger partial charge is 0.324 e. The third-order valence-corrected chi connectivity index (χ3v) is 6.18. The number of hydrogen-bond donors (Lipinski definition) is 2. The molecule has 0 atom stereocenters. The second kappa shape index (κ2) is 10.8. The van der Waals surface area contributed by atoms with Crippen LogP contribution >= 0.6 is 23.1 Å². The molecule has 0 saturated carbocycles. The van der Waals surface area contributed by atoms with Gasteiger partial charge in [-0.1, -0.05) is 30.8 Å². The van der Waals surface area contributed by atoms with Crippen molar-refractivity contribution in [1.29, 1.82) is 0 Å². The molecule has 3 heterocycles. The summed E-state index contributed by atoms with van der Waals surface area (Å²) >= 11 is 2.55. The Morgan fingerprint density at radius 2 is 1.82 bits per heavy atom. The van der Waals surface area contributed by atoms with E-state index in [4.69, 9.17) is 0 Å². The first-order valence-electron chi connectivity index (χ1n) is 10.2. The van der Waals surface area contributed by atoms with Gasteiger partial charge in [-0.15, -0.1) is 16.4 Å². The molecule has 33 heavy (non-hydrogen) atoms. The Balaban J connectivity index is 1.47. The number of carbonyl (C=O) groups is 2. The molecule has 1 aromatic carbocycles. The lowest BCUT2D eigenvalue weighted by atomic mass is 10.1. The summed E-state index contributed by atoms with van der Waals surface area (Å²) in [7, 11) is 0. The van der Waals surface area contributed by atoms with E-state index in [0.29, 0.717) is 21.8 Å². The zero-order chi connectivity index (χ0) is 23.0. The topological polar surface area (TPSA) is 115 Å². The van der Waals surface area contributed by atoms with Gasteiger partial charge in [-0.25, -0.2) is 14.6 Å². The maximum Gasteiger partial charge on any atom is 0.246 e. The molecule has 4 rings (SSSR count). The molecule has 2 amide bonds. The first-order chi connectivity index (χ1) is 16.1. The number of aromatic nitrogens is 5. The fourth-order valence-corrected chi connectivity index (χ4v) is 4.17. The highest BCUT2D eigenvalue weighted by molar-refractivity contribution is 7.99. The maximum atomic E-state index is 12.7. The summed E-state index contributed by atoms with van der Waals surface area (Å²) in [5.41, 5.74) is 2.68. The first kappa shape index (κ1) is 22.6. The van der Waals surface area contributed by atoms with Crippen LogP contribution in [0.25, 0.3) is 11.4 Å². The van der Waals surface area contributed by atoms with Crippen LogP contribution in [0.15, 0.2) is 65.5 Å². The molecule has 0 saturated heterocycles. The van der Waals surface area contributed by atoms with Crippen LogP contribution in [0.1, 0.15) is 12.5 Å². The van der Waals surface area contributed by atoms with Gasteiger partial charge in [0.2, 0.25) is 11.8 Å². The van der Waals surface area contributed by atoms with E-state index in [2.05, 4.69) is 37.6 Å². The fourth-order valence-electron chi connectivity index (χ4n) is 2.89. The zero-order valence-corrected chi connectivity index (χ0v) is 19.4. The lowest BCUT2D eigenvalue weighted by Crippen LogP contribution is -2.20. The predicted molar refractivity (Wildman–Crippen MR) is 129 cm³/mol. The summed E-state index contributed by atoms with van der Waals surface area (Å²) in [5.74, 6) is 0.115. The van der Waals surface area contributed by atoms with Crippen molar-refractivity contribution in [2.24, 2.45) is 0 Å². The number of hydrogen-bond acceptors (Lipinski definition) is 8. The van der Waals surface area contributed by atoms with Crippen molar-refractivity contribution < 1.29 is 9.59 Å². The molecule has 9 nitrogen and oxygen atoms in total. The average molecular weight is 480 g/mol. The van der Waals surface area contributed by atoms with Gasteiger partial charge in [0.1, 0.15) is 6.54 Å². The Labute approximate surface area is 198 Å². The molecule has 3 aromatic heterocycles. The van der Waals surface area contributed by atoms with E-state index in [1.165, 1.54) is 33.3 Å². The first-order valence-corrected chi connectivity index (χ1v) is 12.0. The predicted octanol–water partition coefficient (Wildman–Crippen LogP) is 3.73. The molecule has 0 fully saturated rings. The number of pyridine rings is 1. The molecular weight excluding hydrogens is 458 g/mol. The maximum absolute atomic E-state index is 12.7. The molecule has 2 N–H and O–H groups in total. The molecule has 4 aromatic rings. The quantitative estimate of drug-likeness (QED) is 0.352. The van der Waals surface area contributed by atoms with Crippen molar-refractivity contribution in [2.45, 2.75) is 25.0 Å². The number of amides is 2. The number of thioether (sulfide) groups is 1. The van der Waals surface area contributed by atoms with E-state index in [1.807, 2.05) is 24.3 Å². The van der Waals surface area contributed by atoms with Crippen LogP contribution in [0.2, 0.25) is 0 Å². The molecule has 0 aliphatic rings. The van der Waals surface area contributed by atoms with Crippen LogP contribution in [0.3, 0.4) is 0 Å². The van der Waals surface area contributed by atoms with Crippen LogP contribution < -0.4 is 10.6 Å². The summed E-state index contributed by atoms with van der Waals surface area (Å²) in [5, 5.41) is 12.9. The third kappa shape index (κ3) is 6.24. The molecule has 11 heteroatoms. The molecule has 168 valence electrons. The molecule has 0 unspecified atom stereocenters. The van der Waals surface area contributed by atoms with Gasteiger partial charge >= 0.3 is 0 Å². The van der Waals surface area contributed by atoms with Crippen LogP contribution in [-0.4, -0.2) is 42.3 Å². The van der Waals surface area contributed by atoms with E-state index < -0.39 is 0 Å².